The van der Waals surface area contributed by atoms with E-state index in [-0.39, 0.29) is 24.0 Å². The highest BCUT2D eigenvalue weighted by Crippen LogP contribution is 2.14. The number of ether oxygens (including phenoxy) is 2. The number of hydrogen-bond acceptors (Lipinski definition) is 3. The standard InChI is InChI=1S/C19H30BrN3O2.HI/c1-2-21-19(23-14-17-5-3-6-18(20)13-17)22-9-4-10-25-15-16-7-11-24-12-8-16;/h3,5-6,13,16H,2,4,7-12,14-15H2,1H3,(H2,21,22,23);1H. The van der Waals surface area contributed by atoms with Crippen LogP contribution in [0.2, 0.25) is 0 Å². The topological polar surface area (TPSA) is 54.9 Å². The Kier molecular flexibility index (Phi) is 13.3. The first-order chi connectivity index (χ1) is 12.3. The molecule has 1 aliphatic rings. The van der Waals surface area contributed by atoms with Gasteiger partial charge in [0.1, 0.15) is 0 Å². The smallest absolute Gasteiger partial charge is 0.191 e. The van der Waals surface area contributed by atoms with E-state index in [1.165, 1.54) is 5.56 Å². The molecule has 0 radical (unpaired) electrons. The van der Waals surface area contributed by atoms with Gasteiger partial charge in [0.25, 0.3) is 0 Å². The van der Waals surface area contributed by atoms with Crippen LogP contribution in [0.25, 0.3) is 0 Å². The van der Waals surface area contributed by atoms with Crippen LogP contribution in [0.3, 0.4) is 0 Å². The molecule has 1 aromatic rings. The predicted octanol–water partition coefficient (Wildman–Crippen LogP) is 3.96. The van der Waals surface area contributed by atoms with Crippen LogP contribution in [-0.4, -0.2) is 45.5 Å². The molecule has 0 saturated carbocycles. The van der Waals surface area contributed by atoms with Crippen molar-refractivity contribution < 1.29 is 9.47 Å². The van der Waals surface area contributed by atoms with Gasteiger partial charge in [-0.2, -0.15) is 0 Å². The molecule has 148 valence electrons. The molecule has 0 aromatic heterocycles. The van der Waals surface area contributed by atoms with Crippen LogP contribution in [0.15, 0.2) is 33.7 Å². The first-order valence-electron chi connectivity index (χ1n) is 9.20. The van der Waals surface area contributed by atoms with Crippen LogP contribution in [0.4, 0.5) is 0 Å². The lowest BCUT2D eigenvalue weighted by molar-refractivity contribution is 0.0203. The van der Waals surface area contributed by atoms with Crippen LogP contribution in [0.5, 0.6) is 0 Å². The van der Waals surface area contributed by atoms with E-state index in [1.54, 1.807) is 0 Å². The minimum Gasteiger partial charge on any atom is -0.381 e. The summed E-state index contributed by atoms with van der Waals surface area (Å²) in [4.78, 5) is 4.63. The van der Waals surface area contributed by atoms with Crippen molar-refractivity contribution in [1.82, 2.24) is 10.6 Å². The summed E-state index contributed by atoms with van der Waals surface area (Å²) < 4.78 is 12.2. The van der Waals surface area contributed by atoms with Crippen molar-refractivity contribution in [2.24, 2.45) is 10.9 Å². The van der Waals surface area contributed by atoms with Crippen molar-refractivity contribution in [2.45, 2.75) is 32.7 Å². The summed E-state index contributed by atoms with van der Waals surface area (Å²) in [7, 11) is 0. The van der Waals surface area contributed by atoms with E-state index >= 15 is 0 Å². The Balaban J connectivity index is 0.00000338. The largest absolute Gasteiger partial charge is 0.381 e. The van der Waals surface area contributed by atoms with Crippen molar-refractivity contribution in [3.8, 4) is 0 Å². The van der Waals surface area contributed by atoms with Crippen molar-refractivity contribution in [3.05, 3.63) is 34.3 Å². The monoisotopic (exact) mass is 539 g/mol. The van der Waals surface area contributed by atoms with Crippen LogP contribution in [0.1, 0.15) is 31.7 Å². The maximum Gasteiger partial charge on any atom is 0.191 e. The molecule has 0 unspecified atom stereocenters. The number of halogens is 2. The fraction of sp³-hybridized carbons (Fsp3) is 0.632. The van der Waals surface area contributed by atoms with Crippen molar-refractivity contribution in [1.29, 1.82) is 0 Å². The molecular formula is C19H31BrIN3O2. The third-order valence-electron chi connectivity index (χ3n) is 4.11. The third kappa shape index (κ3) is 10.1. The number of rotatable bonds is 9. The third-order valence-corrected chi connectivity index (χ3v) is 4.60. The van der Waals surface area contributed by atoms with E-state index in [9.17, 15) is 0 Å². The fourth-order valence-electron chi connectivity index (χ4n) is 2.69. The van der Waals surface area contributed by atoms with Gasteiger partial charge < -0.3 is 20.1 Å². The van der Waals surface area contributed by atoms with Gasteiger partial charge in [-0.3, -0.25) is 0 Å². The van der Waals surface area contributed by atoms with Gasteiger partial charge >= 0.3 is 0 Å². The average molecular weight is 540 g/mol. The Morgan fingerprint density at radius 2 is 2.12 bits per heavy atom. The van der Waals surface area contributed by atoms with Crippen LogP contribution in [-0.2, 0) is 16.0 Å². The van der Waals surface area contributed by atoms with Gasteiger partial charge in [-0.05, 0) is 49.8 Å². The zero-order chi connectivity index (χ0) is 17.7. The Morgan fingerprint density at radius 3 is 2.85 bits per heavy atom. The number of nitrogens with one attached hydrogen (secondary N) is 2. The summed E-state index contributed by atoms with van der Waals surface area (Å²) in [6, 6.07) is 8.24. The predicted molar refractivity (Wildman–Crippen MR) is 121 cm³/mol. The molecule has 0 spiro atoms. The van der Waals surface area contributed by atoms with Crippen molar-refractivity contribution in [3.63, 3.8) is 0 Å². The molecule has 0 amide bonds. The molecule has 2 N–H and O–H groups in total. The summed E-state index contributed by atoms with van der Waals surface area (Å²) >= 11 is 3.49. The second-order valence-corrected chi connectivity index (χ2v) is 7.15. The van der Waals surface area contributed by atoms with E-state index in [2.05, 4.69) is 50.6 Å². The highest BCUT2D eigenvalue weighted by Gasteiger charge is 2.13. The Bertz CT molecular complexity index is 525. The zero-order valence-electron chi connectivity index (χ0n) is 15.5. The lowest BCUT2D eigenvalue weighted by atomic mass is 10.0. The molecule has 0 aliphatic carbocycles. The maximum atomic E-state index is 5.80. The van der Waals surface area contributed by atoms with E-state index in [4.69, 9.17) is 9.47 Å². The first-order valence-corrected chi connectivity index (χ1v) is 9.99. The average Bonchev–Trinajstić information content (AvgIpc) is 2.63. The Morgan fingerprint density at radius 1 is 1.31 bits per heavy atom. The van der Waals surface area contributed by atoms with Gasteiger partial charge in [-0.25, -0.2) is 4.99 Å². The lowest BCUT2D eigenvalue weighted by Crippen LogP contribution is -2.38. The van der Waals surface area contributed by atoms with Crippen molar-refractivity contribution >= 4 is 45.9 Å². The van der Waals surface area contributed by atoms with Gasteiger partial charge in [0.2, 0.25) is 0 Å². The van der Waals surface area contributed by atoms with Crippen LogP contribution in [0, 0.1) is 5.92 Å². The zero-order valence-corrected chi connectivity index (χ0v) is 19.4. The maximum absolute atomic E-state index is 5.80. The second kappa shape index (κ2) is 14.6. The molecule has 1 aliphatic heterocycles. The van der Waals surface area contributed by atoms with Gasteiger partial charge in [-0.1, -0.05) is 28.1 Å². The Labute approximate surface area is 182 Å². The van der Waals surface area contributed by atoms with Crippen LogP contribution >= 0.6 is 39.9 Å². The first kappa shape index (κ1) is 23.7. The molecule has 0 atom stereocenters. The minimum absolute atomic E-state index is 0. The van der Waals surface area contributed by atoms with Gasteiger partial charge in [0.05, 0.1) is 6.54 Å². The molecule has 1 fully saturated rings. The van der Waals surface area contributed by atoms with E-state index in [1.807, 2.05) is 12.1 Å². The molecule has 26 heavy (non-hydrogen) atoms. The van der Waals surface area contributed by atoms with Crippen LogP contribution < -0.4 is 10.6 Å². The highest BCUT2D eigenvalue weighted by molar-refractivity contribution is 14.0. The van der Waals surface area contributed by atoms with Gasteiger partial charge in [0, 0.05) is 44.0 Å². The normalized spacial score (nSPS) is 15.4. The molecule has 1 saturated heterocycles. The molecule has 0 bridgehead atoms. The van der Waals surface area contributed by atoms with E-state index in [0.717, 1.165) is 69.2 Å². The minimum atomic E-state index is 0. The molecule has 1 aromatic carbocycles. The van der Waals surface area contributed by atoms with Crippen molar-refractivity contribution in [2.75, 3.05) is 39.5 Å². The number of hydrogen-bond donors (Lipinski definition) is 2. The summed E-state index contributed by atoms with van der Waals surface area (Å²) in [5.41, 5.74) is 1.19. The number of aliphatic imine (C=N–C) groups is 1. The fourth-order valence-corrected chi connectivity index (χ4v) is 3.14. The highest BCUT2D eigenvalue weighted by atomic mass is 127. The summed E-state index contributed by atoms with van der Waals surface area (Å²) in [5.74, 6) is 1.53. The van der Waals surface area contributed by atoms with E-state index in [0.29, 0.717) is 12.5 Å². The number of nitrogens with zero attached hydrogens (tertiary/aromatic N) is 1. The van der Waals surface area contributed by atoms with E-state index < -0.39 is 0 Å². The number of guanidine groups is 1. The summed E-state index contributed by atoms with van der Waals surface area (Å²) in [6.45, 7) is 7.87. The molecular weight excluding hydrogens is 509 g/mol. The molecule has 2 rings (SSSR count). The van der Waals surface area contributed by atoms with Gasteiger partial charge in [-0.15, -0.1) is 24.0 Å². The number of benzene rings is 1. The molecule has 1 heterocycles. The SMILES string of the molecule is CCNC(=NCc1cccc(Br)c1)NCCCOCC1CCOCC1.I. The lowest BCUT2D eigenvalue weighted by Gasteiger charge is -2.21. The molecule has 7 heteroatoms. The Hall–Kier alpha value is -0.380. The second-order valence-electron chi connectivity index (χ2n) is 6.24. The summed E-state index contributed by atoms with van der Waals surface area (Å²) in [6.07, 6.45) is 3.24. The quantitative estimate of drug-likeness (QED) is 0.216. The summed E-state index contributed by atoms with van der Waals surface area (Å²) in [5, 5.41) is 6.65. The molecule has 5 nitrogen and oxygen atoms in total. The van der Waals surface area contributed by atoms with Gasteiger partial charge in [0.15, 0.2) is 5.96 Å².